The minimum Gasteiger partial charge on any atom is -0.327 e. The molecule has 7 heteroatoms. The van der Waals surface area contributed by atoms with Crippen LogP contribution in [0, 0.1) is 5.41 Å². The van der Waals surface area contributed by atoms with Gasteiger partial charge in [-0.2, -0.15) is 9.40 Å². The molecule has 1 aromatic rings. The Labute approximate surface area is 108 Å². The number of hydrogen-bond acceptors (Lipinski definition) is 4. The predicted octanol–water partition coefficient (Wildman–Crippen LogP) is 0.168. The zero-order valence-electron chi connectivity index (χ0n) is 11.0. The second-order valence-corrected chi connectivity index (χ2v) is 7.40. The standard InChI is InChI=1S/C11H20N4O2S/c1-11(2)8-15(7-5-9(11)12)18(16,17)10-4-6-13-14(10)3/h4,6,9H,5,7-8,12H2,1-3H3. The Morgan fingerprint density at radius 3 is 2.67 bits per heavy atom. The number of piperidine rings is 1. The fourth-order valence-corrected chi connectivity index (χ4v) is 4.00. The van der Waals surface area contributed by atoms with E-state index in [0.717, 1.165) is 0 Å². The lowest BCUT2D eigenvalue weighted by molar-refractivity contribution is 0.155. The highest BCUT2D eigenvalue weighted by Crippen LogP contribution is 2.30. The maximum absolute atomic E-state index is 12.5. The van der Waals surface area contributed by atoms with Crippen LogP contribution in [0.15, 0.2) is 17.3 Å². The van der Waals surface area contributed by atoms with Gasteiger partial charge in [-0.3, -0.25) is 4.68 Å². The van der Waals surface area contributed by atoms with Crippen molar-refractivity contribution in [3.8, 4) is 0 Å². The molecule has 1 aliphatic heterocycles. The molecule has 102 valence electrons. The minimum absolute atomic E-state index is 0.0375. The van der Waals surface area contributed by atoms with Crippen LogP contribution in [-0.2, 0) is 17.1 Å². The number of rotatable bonds is 2. The van der Waals surface area contributed by atoms with Gasteiger partial charge in [-0.05, 0) is 17.9 Å². The molecule has 6 nitrogen and oxygen atoms in total. The molecule has 1 fully saturated rings. The number of hydrogen-bond donors (Lipinski definition) is 1. The molecule has 1 atom stereocenters. The Bertz CT molecular complexity index is 535. The normalized spacial score (nSPS) is 25.2. The highest BCUT2D eigenvalue weighted by molar-refractivity contribution is 7.89. The van der Waals surface area contributed by atoms with Crippen molar-refractivity contribution >= 4 is 10.0 Å². The molecule has 0 aliphatic carbocycles. The quantitative estimate of drug-likeness (QED) is 0.832. The summed E-state index contributed by atoms with van der Waals surface area (Å²) < 4.78 is 27.9. The molecule has 0 saturated carbocycles. The molecule has 0 bridgehead atoms. The van der Waals surface area contributed by atoms with Crippen molar-refractivity contribution in [2.45, 2.75) is 31.3 Å². The average Bonchev–Trinajstić information content (AvgIpc) is 2.69. The monoisotopic (exact) mass is 272 g/mol. The molecule has 2 heterocycles. The van der Waals surface area contributed by atoms with E-state index in [1.165, 1.54) is 21.3 Å². The Morgan fingerprint density at radius 2 is 2.17 bits per heavy atom. The van der Waals surface area contributed by atoms with Gasteiger partial charge >= 0.3 is 0 Å². The Balaban J connectivity index is 2.30. The number of sulfonamides is 1. The van der Waals surface area contributed by atoms with Crippen LogP contribution >= 0.6 is 0 Å². The lowest BCUT2D eigenvalue weighted by atomic mass is 9.81. The van der Waals surface area contributed by atoms with E-state index in [-0.39, 0.29) is 16.5 Å². The van der Waals surface area contributed by atoms with E-state index in [1.54, 1.807) is 7.05 Å². The average molecular weight is 272 g/mol. The van der Waals surface area contributed by atoms with Gasteiger partial charge in [-0.15, -0.1) is 0 Å². The van der Waals surface area contributed by atoms with E-state index < -0.39 is 10.0 Å². The highest BCUT2D eigenvalue weighted by atomic mass is 32.2. The van der Waals surface area contributed by atoms with Gasteiger partial charge in [-0.25, -0.2) is 8.42 Å². The van der Waals surface area contributed by atoms with E-state index in [2.05, 4.69) is 5.10 Å². The second-order valence-electron chi connectivity index (χ2n) is 5.52. The summed E-state index contributed by atoms with van der Waals surface area (Å²) in [6.45, 7) is 4.92. The van der Waals surface area contributed by atoms with Gasteiger partial charge in [0.1, 0.15) is 0 Å². The third kappa shape index (κ3) is 2.17. The van der Waals surface area contributed by atoms with Gasteiger partial charge in [0.25, 0.3) is 10.0 Å². The summed E-state index contributed by atoms with van der Waals surface area (Å²) in [4.78, 5) is 0. The summed E-state index contributed by atoms with van der Waals surface area (Å²) in [6.07, 6.45) is 2.18. The van der Waals surface area contributed by atoms with Crippen molar-refractivity contribution < 1.29 is 8.42 Å². The van der Waals surface area contributed by atoms with Crippen LogP contribution in [0.1, 0.15) is 20.3 Å². The van der Waals surface area contributed by atoms with E-state index in [1.807, 2.05) is 13.8 Å². The Morgan fingerprint density at radius 1 is 1.50 bits per heavy atom. The lowest BCUT2D eigenvalue weighted by Crippen LogP contribution is -2.54. The highest BCUT2D eigenvalue weighted by Gasteiger charge is 2.39. The van der Waals surface area contributed by atoms with Crippen molar-refractivity contribution in [2.75, 3.05) is 13.1 Å². The summed E-state index contributed by atoms with van der Waals surface area (Å²) in [5.74, 6) is 0. The minimum atomic E-state index is -3.47. The number of nitrogens with two attached hydrogens (primary N) is 1. The molecule has 1 aliphatic rings. The summed E-state index contributed by atoms with van der Waals surface area (Å²) in [5, 5.41) is 4.15. The van der Waals surface area contributed by atoms with Crippen LogP contribution in [0.4, 0.5) is 0 Å². The van der Waals surface area contributed by atoms with Crippen LogP contribution in [-0.4, -0.2) is 41.6 Å². The largest absolute Gasteiger partial charge is 0.327 e. The first-order valence-corrected chi connectivity index (χ1v) is 7.43. The topological polar surface area (TPSA) is 81.2 Å². The fourth-order valence-electron chi connectivity index (χ4n) is 2.28. The molecule has 0 aromatic carbocycles. The zero-order chi connectivity index (χ0) is 13.6. The molecule has 2 N–H and O–H groups in total. The van der Waals surface area contributed by atoms with Gasteiger partial charge in [0.15, 0.2) is 5.03 Å². The third-order valence-electron chi connectivity index (χ3n) is 3.66. The molecule has 1 saturated heterocycles. The molecule has 18 heavy (non-hydrogen) atoms. The molecule has 0 radical (unpaired) electrons. The summed E-state index contributed by atoms with van der Waals surface area (Å²) in [6, 6.07) is 1.56. The first-order valence-electron chi connectivity index (χ1n) is 5.99. The molecule has 0 spiro atoms. The van der Waals surface area contributed by atoms with Crippen molar-refractivity contribution in [3.05, 3.63) is 12.3 Å². The first-order chi connectivity index (χ1) is 8.25. The van der Waals surface area contributed by atoms with Crippen molar-refractivity contribution in [1.82, 2.24) is 14.1 Å². The molecular weight excluding hydrogens is 252 g/mol. The van der Waals surface area contributed by atoms with Gasteiger partial charge < -0.3 is 5.73 Å². The first kappa shape index (κ1) is 13.5. The van der Waals surface area contributed by atoms with E-state index in [0.29, 0.717) is 19.5 Å². The number of nitrogens with zero attached hydrogens (tertiary/aromatic N) is 3. The van der Waals surface area contributed by atoms with Gasteiger partial charge in [0.05, 0.1) is 6.20 Å². The van der Waals surface area contributed by atoms with Gasteiger partial charge in [0, 0.05) is 26.2 Å². The molecule has 1 aromatic heterocycles. The van der Waals surface area contributed by atoms with Crippen LogP contribution < -0.4 is 5.73 Å². The SMILES string of the molecule is Cn1nccc1S(=O)(=O)N1CCC(N)C(C)(C)C1. The summed E-state index contributed by atoms with van der Waals surface area (Å²) in [7, 11) is -1.83. The molecule has 1 unspecified atom stereocenters. The fraction of sp³-hybridized carbons (Fsp3) is 0.727. The number of aromatic nitrogens is 2. The maximum atomic E-state index is 12.5. The maximum Gasteiger partial charge on any atom is 0.260 e. The van der Waals surface area contributed by atoms with Crippen LogP contribution in [0.3, 0.4) is 0 Å². The Kier molecular flexibility index (Phi) is 3.25. The lowest BCUT2D eigenvalue weighted by Gasteiger charge is -2.41. The van der Waals surface area contributed by atoms with E-state index >= 15 is 0 Å². The third-order valence-corrected chi connectivity index (χ3v) is 5.58. The van der Waals surface area contributed by atoms with E-state index in [4.69, 9.17) is 5.73 Å². The van der Waals surface area contributed by atoms with Crippen LogP contribution in [0.2, 0.25) is 0 Å². The summed E-state index contributed by atoms with van der Waals surface area (Å²) >= 11 is 0. The van der Waals surface area contributed by atoms with Crippen LogP contribution in [0.5, 0.6) is 0 Å². The molecule has 2 rings (SSSR count). The van der Waals surface area contributed by atoms with Crippen molar-refractivity contribution in [1.29, 1.82) is 0 Å². The molecular formula is C11H20N4O2S. The van der Waals surface area contributed by atoms with Crippen molar-refractivity contribution in [2.24, 2.45) is 18.2 Å². The van der Waals surface area contributed by atoms with Gasteiger partial charge in [-0.1, -0.05) is 13.8 Å². The van der Waals surface area contributed by atoms with Crippen LogP contribution in [0.25, 0.3) is 0 Å². The second kappa shape index (κ2) is 4.32. The predicted molar refractivity (Wildman–Crippen MR) is 68.3 cm³/mol. The Hall–Kier alpha value is -0.920. The van der Waals surface area contributed by atoms with Gasteiger partial charge in [0.2, 0.25) is 0 Å². The zero-order valence-corrected chi connectivity index (χ0v) is 11.8. The molecule has 0 amide bonds. The smallest absolute Gasteiger partial charge is 0.260 e. The number of aryl methyl sites for hydroxylation is 1. The van der Waals surface area contributed by atoms with E-state index in [9.17, 15) is 8.42 Å². The summed E-state index contributed by atoms with van der Waals surface area (Å²) in [5.41, 5.74) is 5.82. The van der Waals surface area contributed by atoms with Crippen molar-refractivity contribution in [3.63, 3.8) is 0 Å².